The fourth-order valence-corrected chi connectivity index (χ4v) is 1.77. The largest absolute Gasteiger partial charge is 0.352 e. The molecule has 0 radical (unpaired) electrons. The van der Waals surface area contributed by atoms with E-state index in [1.54, 1.807) is 24.5 Å². The number of nitrogens with one attached hydrogen (secondary N) is 1. The highest BCUT2D eigenvalue weighted by molar-refractivity contribution is 5.99. The summed E-state index contributed by atoms with van der Waals surface area (Å²) in [6.07, 6.45) is 10.7. The second-order valence-electron chi connectivity index (χ2n) is 6.22. The SMILES string of the molecule is CCCC.CCCC.CCCCNC(=O)c1cccnc1-c1ccccn1. The molecule has 0 saturated heterocycles. The first-order valence-electron chi connectivity index (χ1n) is 10.3. The zero-order valence-electron chi connectivity index (χ0n) is 17.8. The zero-order valence-corrected chi connectivity index (χ0v) is 17.8. The van der Waals surface area contributed by atoms with Crippen molar-refractivity contribution in [2.45, 2.75) is 73.1 Å². The maximum Gasteiger partial charge on any atom is 0.253 e. The lowest BCUT2D eigenvalue weighted by atomic mass is 10.1. The first-order valence-corrected chi connectivity index (χ1v) is 10.3. The summed E-state index contributed by atoms with van der Waals surface area (Å²) < 4.78 is 0. The van der Waals surface area contributed by atoms with Gasteiger partial charge in [0.15, 0.2) is 0 Å². The van der Waals surface area contributed by atoms with E-state index in [-0.39, 0.29) is 5.91 Å². The van der Waals surface area contributed by atoms with Crippen molar-refractivity contribution in [1.29, 1.82) is 0 Å². The Balaban J connectivity index is 0.000000718. The number of hydrogen-bond acceptors (Lipinski definition) is 3. The minimum absolute atomic E-state index is 0.0952. The molecule has 4 heteroatoms. The molecule has 0 aliphatic rings. The third-order valence-electron chi connectivity index (χ3n) is 3.78. The number of rotatable bonds is 7. The summed E-state index contributed by atoms with van der Waals surface area (Å²) in [5.74, 6) is -0.0952. The average molecular weight is 372 g/mol. The summed E-state index contributed by atoms with van der Waals surface area (Å²) >= 11 is 0. The molecule has 0 atom stereocenters. The third kappa shape index (κ3) is 11.2. The third-order valence-corrected chi connectivity index (χ3v) is 3.78. The van der Waals surface area contributed by atoms with Crippen LogP contribution in [0.3, 0.4) is 0 Å². The van der Waals surface area contributed by atoms with Crippen LogP contribution in [0.4, 0.5) is 0 Å². The zero-order chi connectivity index (χ0) is 20.3. The molecule has 0 spiro atoms. The number of carbonyl (C=O) groups excluding carboxylic acids is 1. The predicted octanol–water partition coefficient (Wildman–Crippen LogP) is 6.29. The summed E-state index contributed by atoms with van der Waals surface area (Å²) in [7, 11) is 0. The topological polar surface area (TPSA) is 54.9 Å². The maximum absolute atomic E-state index is 12.1. The van der Waals surface area contributed by atoms with Crippen LogP contribution in [0.2, 0.25) is 0 Å². The molecule has 2 rings (SSSR count). The molecule has 2 aromatic heterocycles. The van der Waals surface area contributed by atoms with Gasteiger partial charge in [0.05, 0.1) is 11.3 Å². The Morgan fingerprint density at radius 1 is 0.815 bits per heavy atom. The fourth-order valence-electron chi connectivity index (χ4n) is 1.77. The van der Waals surface area contributed by atoms with Crippen LogP contribution in [0.25, 0.3) is 11.4 Å². The summed E-state index contributed by atoms with van der Waals surface area (Å²) in [5, 5.41) is 2.90. The maximum atomic E-state index is 12.1. The highest BCUT2D eigenvalue weighted by Crippen LogP contribution is 2.18. The van der Waals surface area contributed by atoms with Gasteiger partial charge < -0.3 is 5.32 Å². The van der Waals surface area contributed by atoms with E-state index < -0.39 is 0 Å². The number of amides is 1. The van der Waals surface area contributed by atoms with Crippen LogP contribution in [-0.2, 0) is 0 Å². The summed E-state index contributed by atoms with van der Waals surface area (Å²) in [4.78, 5) is 20.7. The number of carbonyl (C=O) groups is 1. The normalized spacial score (nSPS) is 9.37. The van der Waals surface area contributed by atoms with E-state index in [0.29, 0.717) is 23.5 Å². The summed E-state index contributed by atoms with van der Waals surface area (Å²) in [5.41, 5.74) is 1.90. The molecule has 2 heterocycles. The lowest BCUT2D eigenvalue weighted by Gasteiger charge is -2.08. The standard InChI is InChI=1S/C15H17N3O.2C4H10/c1-2-3-9-18-15(19)12-7-6-11-17-14(12)13-8-4-5-10-16-13;2*1-3-4-2/h4-8,10-11H,2-3,9H2,1H3,(H,18,19);2*3-4H2,1-2H3. The van der Waals surface area contributed by atoms with E-state index in [0.717, 1.165) is 12.8 Å². The highest BCUT2D eigenvalue weighted by atomic mass is 16.1. The Bertz CT molecular complexity index is 592. The molecular weight excluding hydrogens is 334 g/mol. The van der Waals surface area contributed by atoms with E-state index in [2.05, 4.69) is 49.9 Å². The van der Waals surface area contributed by atoms with Crippen LogP contribution in [-0.4, -0.2) is 22.4 Å². The molecule has 0 bridgehead atoms. The molecule has 0 saturated carbocycles. The van der Waals surface area contributed by atoms with Crippen LogP contribution in [0, 0.1) is 0 Å². The Labute approximate surface area is 165 Å². The van der Waals surface area contributed by atoms with Gasteiger partial charge >= 0.3 is 0 Å². The average Bonchev–Trinajstić information content (AvgIpc) is 2.74. The fraction of sp³-hybridized carbons (Fsp3) is 0.522. The Kier molecular flexibility index (Phi) is 15.8. The molecule has 27 heavy (non-hydrogen) atoms. The van der Waals surface area contributed by atoms with E-state index >= 15 is 0 Å². The monoisotopic (exact) mass is 371 g/mol. The quantitative estimate of drug-likeness (QED) is 0.582. The first kappa shape index (κ1) is 24.8. The molecule has 2 aromatic rings. The smallest absolute Gasteiger partial charge is 0.253 e. The lowest BCUT2D eigenvalue weighted by molar-refractivity contribution is 0.0953. The molecular formula is C23H37N3O. The van der Waals surface area contributed by atoms with E-state index in [1.165, 1.54) is 25.7 Å². The molecule has 1 amide bonds. The Hall–Kier alpha value is -2.23. The lowest BCUT2D eigenvalue weighted by Crippen LogP contribution is -2.25. The highest BCUT2D eigenvalue weighted by Gasteiger charge is 2.13. The van der Waals surface area contributed by atoms with Crippen LogP contribution in [0.15, 0.2) is 42.7 Å². The van der Waals surface area contributed by atoms with Crippen molar-refractivity contribution in [2.24, 2.45) is 0 Å². The van der Waals surface area contributed by atoms with Gasteiger partial charge in [-0.2, -0.15) is 0 Å². The van der Waals surface area contributed by atoms with Crippen LogP contribution >= 0.6 is 0 Å². The van der Waals surface area contributed by atoms with Crippen molar-refractivity contribution >= 4 is 5.91 Å². The number of aromatic nitrogens is 2. The second-order valence-corrected chi connectivity index (χ2v) is 6.22. The minimum atomic E-state index is -0.0952. The van der Waals surface area contributed by atoms with Gasteiger partial charge in [0.2, 0.25) is 0 Å². The minimum Gasteiger partial charge on any atom is -0.352 e. The molecule has 0 unspecified atom stereocenters. The number of unbranched alkanes of at least 4 members (excludes halogenated alkanes) is 3. The Morgan fingerprint density at radius 3 is 1.96 bits per heavy atom. The van der Waals surface area contributed by atoms with Crippen molar-refractivity contribution in [1.82, 2.24) is 15.3 Å². The molecule has 1 N–H and O–H groups in total. The Morgan fingerprint density at radius 2 is 1.44 bits per heavy atom. The van der Waals surface area contributed by atoms with E-state index in [9.17, 15) is 4.79 Å². The van der Waals surface area contributed by atoms with Gasteiger partial charge in [-0.15, -0.1) is 0 Å². The molecule has 0 aromatic carbocycles. The van der Waals surface area contributed by atoms with Gasteiger partial charge in [0, 0.05) is 18.9 Å². The van der Waals surface area contributed by atoms with Crippen molar-refractivity contribution in [3.8, 4) is 11.4 Å². The molecule has 4 nitrogen and oxygen atoms in total. The van der Waals surface area contributed by atoms with Crippen molar-refractivity contribution in [3.63, 3.8) is 0 Å². The van der Waals surface area contributed by atoms with E-state index in [4.69, 9.17) is 0 Å². The number of pyridine rings is 2. The van der Waals surface area contributed by atoms with Gasteiger partial charge in [-0.05, 0) is 30.7 Å². The predicted molar refractivity (Wildman–Crippen MR) is 116 cm³/mol. The van der Waals surface area contributed by atoms with Crippen molar-refractivity contribution in [2.75, 3.05) is 6.54 Å². The molecule has 0 aliphatic heterocycles. The van der Waals surface area contributed by atoms with Crippen molar-refractivity contribution in [3.05, 3.63) is 48.3 Å². The molecule has 0 aliphatic carbocycles. The van der Waals surface area contributed by atoms with Crippen molar-refractivity contribution < 1.29 is 4.79 Å². The summed E-state index contributed by atoms with van der Waals surface area (Å²) in [6.45, 7) is 11.5. The second kappa shape index (κ2) is 17.2. The summed E-state index contributed by atoms with van der Waals surface area (Å²) in [6, 6.07) is 9.12. The van der Waals surface area contributed by atoms with Crippen LogP contribution in [0.5, 0.6) is 0 Å². The van der Waals surface area contributed by atoms with E-state index in [1.807, 2.05) is 18.2 Å². The molecule has 0 fully saturated rings. The first-order chi connectivity index (χ1) is 13.2. The van der Waals surface area contributed by atoms with Crippen LogP contribution in [0.1, 0.15) is 83.5 Å². The number of hydrogen-bond donors (Lipinski definition) is 1. The van der Waals surface area contributed by atoms with Gasteiger partial charge in [-0.1, -0.05) is 72.8 Å². The van der Waals surface area contributed by atoms with Gasteiger partial charge in [-0.25, -0.2) is 0 Å². The number of nitrogens with zero attached hydrogens (tertiary/aromatic N) is 2. The van der Waals surface area contributed by atoms with Gasteiger partial charge in [0.25, 0.3) is 5.91 Å². The van der Waals surface area contributed by atoms with Crippen LogP contribution < -0.4 is 5.32 Å². The van der Waals surface area contributed by atoms with Gasteiger partial charge in [-0.3, -0.25) is 14.8 Å². The van der Waals surface area contributed by atoms with Gasteiger partial charge in [0.1, 0.15) is 5.69 Å². The molecule has 150 valence electrons.